The summed E-state index contributed by atoms with van der Waals surface area (Å²) < 4.78 is 53.1. The van der Waals surface area contributed by atoms with Gasteiger partial charge in [0.2, 0.25) is 5.82 Å². The fourth-order valence-corrected chi connectivity index (χ4v) is 3.97. The lowest BCUT2D eigenvalue weighted by Gasteiger charge is -2.26. The van der Waals surface area contributed by atoms with Crippen molar-refractivity contribution in [3.05, 3.63) is 75.4 Å². The molecule has 0 saturated carbocycles. The summed E-state index contributed by atoms with van der Waals surface area (Å²) in [5.41, 5.74) is 2.98. The van der Waals surface area contributed by atoms with Crippen molar-refractivity contribution < 1.29 is 17.6 Å². The van der Waals surface area contributed by atoms with Gasteiger partial charge >= 0.3 is 6.18 Å². The zero-order valence-corrected chi connectivity index (χ0v) is 18.4. The molecule has 4 heterocycles. The second-order valence-corrected chi connectivity index (χ2v) is 8.25. The number of alkyl halides is 3. The molecular formula is C23H19F4N7O. The molecule has 8 nitrogen and oxygen atoms in total. The summed E-state index contributed by atoms with van der Waals surface area (Å²) in [6, 6.07) is 6.73. The van der Waals surface area contributed by atoms with Gasteiger partial charge in [-0.3, -0.25) is 14.7 Å². The first-order valence-corrected chi connectivity index (χ1v) is 10.7. The van der Waals surface area contributed by atoms with E-state index < -0.39 is 23.4 Å². The van der Waals surface area contributed by atoms with Gasteiger partial charge in [0.25, 0.3) is 5.56 Å². The van der Waals surface area contributed by atoms with Crippen molar-refractivity contribution in [2.45, 2.75) is 26.1 Å². The third kappa shape index (κ3) is 4.56. The number of nitrogens with zero attached hydrogens (tertiary/aromatic N) is 5. The van der Waals surface area contributed by atoms with Crippen LogP contribution >= 0.6 is 0 Å². The number of aromatic nitrogens is 6. The average Bonchev–Trinajstić information content (AvgIpc) is 3.34. The highest BCUT2D eigenvalue weighted by molar-refractivity contribution is 5.75. The number of fused-ring (bicyclic) bond motifs is 1. The highest BCUT2D eigenvalue weighted by Gasteiger charge is 2.35. The summed E-state index contributed by atoms with van der Waals surface area (Å²) in [6.45, 7) is 3.19. The standard InChI is InChI=1S/C23H19F4N7O/c1-12-21(35)30-19-16(29-12)4-3-15(18(19)24)11-34-8-6-13(7-9-34)14-2-5-17(28-10-14)20-31-22(33-32-20)23(25,26)27/h2-6,10H,7-9,11H2,1H3,(H,30,35)(H,31,32,33). The Labute approximate surface area is 195 Å². The van der Waals surface area contributed by atoms with Crippen LogP contribution in [0.4, 0.5) is 17.6 Å². The fourth-order valence-electron chi connectivity index (χ4n) is 3.97. The van der Waals surface area contributed by atoms with Crippen molar-refractivity contribution >= 4 is 16.6 Å². The van der Waals surface area contributed by atoms with Crippen LogP contribution in [-0.4, -0.2) is 48.1 Å². The lowest BCUT2D eigenvalue weighted by Crippen LogP contribution is -2.28. The van der Waals surface area contributed by atoms with Crippen LogP contribution in [0.5, 0.6) is 0 Å². The van der Waals surface area contributed by atoms with Crippen LogP contribution in [0, 0.1) is 12.7 Å². The van der Waals surface area contributed by atoms with Crippen LogP contribution in [0.2, 0.25) is 0 Å². The molecule has 0 fully saturated rings. The minimum atomic E-state index is -4.60. The number of rotatable bonds is 4. The molecule has 0 unspecified atom stereocenters. The van der Waals surface area contributed by atoms with E-state index in [1.165, 1.54) is 0 Å². The molecule has 35 heavy (non-hydrogen) atoms. The van der Waals surface area contributed by atoms with Gasteiger partial charge in [0.15, 0.2) is 11.6 Å². The third-order valence-corrected chi connectivity index (χ3v) is 5.87. The van der Waals surface area contributed by atoms with Gasteiger partial charge in [0, 0.05) is 31.4 Å². The molecule has 180 valence electrons. The van der Waals surface area contributed by atoms with Crippen molar-refractivity contribution in [3.8, 4) is 11.5 Å². The molecule has 5 rings (SSSR count). The maximum Gasteiger partial charge on any atom is 0.451 e. The number of aromatic amines is 2. The van der Waals surface area contributed by atoms with Crippen LogP contribution in [0.15, 0.2) is 41.3 Å². The Bertz CT molecular complexity index is 1490. The van der Waals surface area contributed by atoms with E-state index in [9.17, 15) is 22.4 Å². The van der Waals surface area contributed by atoms with Gasteiger partial charge < -0.3 is 9.97 Å². The van der Waals surface area contributed by atoms with E-state index in [4.69, 9.17) is 0 Å². The van der Waals surface area contributed by atoms with E-state index in [0.29, 0.717) is 37.1 Å². The molecule has 4 aromatic rings. The lowest BCUT2D eigenvalue weighted by molar-refractivity contribution is -0.144. The van der Waals surface area contributed by atoms with E-state index in [2.05, 4.69) is 35.0 Å². The number of H-pyrrole nitrogens is 2. The number of halogens is 4. The summed E-state index contributed by atoms with van der Waals surface area (Å²) in [4.78, 5) is 27.0. The number of pyridine rings is 1. The Balaban J connectivity index is 1.28. The van der Waals surface area contributed by atoms with E-state index >= 15 is 0 Å². The molecule has 0 aliphatic carbocycles. The van der Waals surface area contributed by atoms with Gasteiger partial charge in [0.05, 0.1) is 5.52 Å². The highest BCUT2D eigenvalue weighted by atomic mass is 19.4. The van der Waals surface area contributed by atoms with Crippen LogP contribution < -0.4 is 5.56 Å². The highest BCUT2D eigenvalue weighted by Crippen LogP contribution is 2.28. The normalized spacial score (nSPS) is 14.9. The number of aryl methyl sites for hydroxylation is 1. The number of nitrogens with one attached hydrogen (secondary N) is 2. The molecule has 0 radical (unpaired) electrons. The summed E-state index contributed by atoms with van der Waals surface area (Å²) >= 11 is 0. The first-order chi connectivity index (χ1) is 16.7. The van der Waals surface area contributed by atoms with Crippen molar-refractivity contribution in [1.29, 1.82) is 0 Å². The van der Waals surface area contributed by atoms with Crippen molar-refractivity contribution in [3.63, 3.8) is 0 Å². The molecule has 2 N–H and O–H groups in total. The number of benzene rings is 1. The Morgan fingerprint density at radius 3 is 2.60 bits per heavy atom. The lowest BCUT2D eigenvalue weighted by atomic mass is 10.0. The molecule has 0 amide bonds. The van der Waals surface area contributed by atoms with E-state index in [1.54, 1.807) is 37.4 Å². The zero-order valence-electron chi connectivity index (χ0n) is 18.4. The van der Waals surface area contributed by atoms with Gasteiger partial charge in [-0.2, -0.15) is 13.2 Å². The van der Waals surface area contributed by atoms with Crippen molar-refractivity contribution in [2.24, 2.45) is 0 Å². The summed E-state index contributed by atoms with van der Waals surface area (Å²) in [6.07, 6.45) is -0.315. The van der Waals surface area contributed by atoms with Crippen molar-refractivity contribution in [1.82, 2.24) is 35.0 Å². The van der Waals surface area contributed by atoms with Gasteiger partial charge in [-0.05, 0) is 36.6 Å². The predicted octanol–water partition coefficient (Wildman–Crippen LogP) is 3.86. The molecule has 12 heteroatoms. The molecule has 0 atom stereocenters. The quantitative estimate of drug-likeness (QED) is 0.426. The van der Waals surface area contributed by atoms with Gasteiger partial charge in [-0.1, -0.05) is 18.2 Å². The van der Waals surface area contributed by atoms with Crippen LogP contribution in [0.3, 0.4) is 0 Å². The minimum Gasteiger partial charge on any atom is -0.317 e. The van der Waals surface area contributed by atoms with Crippen molar-refractivity contribution in [2.75, 3.05) is 13.1 Å². The predicted molar refractivity (Wildman–Crippen MR) is 120 cm³/mol. The van der Waals surface area contributed by atoms with Gasteiger partial charge in [-0.15, -0.1) is 10.2 Å². The van der Waals surface area contributed by atoms with E-state index in [1.807, 2.05) is 6.08 Å². The largest absolute Gasteiger partial charge is 0.451 e. The molecule has 0 spiro atoms. The SMILES string of the molecule is Cc1nc2ccc(CN3CC=C(c4ccc(-c5nnc(C(F)(F)F)[nH]5)nc4)CC3)c(F)c2[nH]c1=O. The first kappa shape index (κ1) is 22.8. The first-order valence-electron chi connectivity index (χ1n) is 10.7. The second kappa shape index (κ2) is 8.69. The molecule has 1 aliphatic heterocycles. The summed E-state index contributed by atoms with van der Waals surface area (Å²) in [5.74, 6) is -1.71. The smallest absolute Gasteiger partial charge is 0.317 e. The molecule has 1 aromatic carbocycles. The monoisotopic (exact) mass is 485 g/mol. The molecule has 1 aliphatic rings. The maximum absolute atomic E-state index is 15.0. The Kier molecular flexibility index (Phi) is 5.67. The number of hydrogen-bond donors (Lipinski definition) is 2. The average molecular weight is 485 g/mol. The molecular weight excluding hydrogens is 466 g/mol. The summed E-state index contributed by atoms with van der Waals surface area (Å²) in [7, 11) is 0. The summed E-state index contributed by atoms with van der Waals surface area (Å²) in [5, 5.41) is 6.63. The maximum atomic E-state index is 15.0. The molecule has 0 saturated heterocycles. The number of hydrogen-bond acceptors (Lipinski definition) is 6. The van der Waals surface area contributed by atoms with Crippen LogP contribution in [0.25, 0.3) is 28.1 Å². The Morgan fingerprint density at radius 2 is 1.94 bits per heavy atom. The van der Waals surface area contributed by atoms with Crippen LogP contribution in [0.1, 0.15) is 29.1 Å². The third-order valence-electron chi connectivity index (χ3n) is 5.87. The molecule has 3 aromatic heterocycles. The fraction of sp³-hybridized carbons (Fsp3) is 0.261. The Hall–Kier alpha value is -3.93. The topological polar surface area (TPSA) is 103 Å². The van der Waals surface area contributed by atoms with E-state index in [-0.39, 0.29) is 22.7 Å². The zero-order chi connectivity index (χ0) is 24.7. The molecule has 0 bridgehead atoms. The Morgan fingerprint density at radius 1 is 1.11 bits per heavy atom. The second-order valence-electron chi connectivity index (χ2n) is 8.25. The van der Waals surface area contributed by atoms with Gasteiger partial charge in [-0.25, -0.2) is 9.37 Å². The van der Waals surface area contributed by atoms with Crippen LogP contribution in [-0.2, 0) is 12.7 Å². The van der Waals surface area contributed by atoms with E-state index in [0.717, 1.165) is 11.1 Å². The van der Waals surface area contributed by atoms with Gasteiger partial charge in [0.1, 0.15) is 16.9 Å². The minimum absolute atomic E-state index is 0.0585.